The van der Waals surface area contributed by atoms with Crippen molar-refractivity contribution in [1.29, 1.82) is 0 Å². The minimum absolute atomic E-state index is 0.151. The van der Waals surface area contributed by atoms with Gasteiger partial charge in [0, 0.05) is 17.2 Å². The maximum absolute atomic E-state index is 11.2. The molecule has 0 fully saturated rings. The Morgan fingerprint density at radius 1 is 1.64 bits per heavy atom. The van der Waals surface area contributed by atoms with Gasteiger partial charge in [-0.1, -0.05) is 0 Å². The zero-order chi connectivity index (χ0) is 8.27. The van der Waals surface area contributed by atoms with E-state index in [1.54, 1.807) is 0 Å². The van der Waals surface area contributed by atoms with Gasteiger partial charge in [0.2, 0.25) is 0 Å². The Labute approximate surface area is 75.0 Å². The van der Waals surface area contributed by atoms with Gasteiger partial charge in [0.15, 0.2) is 5.78 Å². The van der Waals surface area contributed by atoms with E-state index in [0.717, 1.165) is 4.88 Å². The fraction of sp³-hybridized carbons (Fsp3) is 0.375. The summed E-state index contributed by atoms with van der Waals surface area (Å²) in [6, 6.07) is 3.81. The Morgan fingerprint density at radius 3 is 2.82 bits per heavy atom. The van der Waals surface area contributed by atoms with Crippen molar-refractivity contribution in [3.63, 3.8) is 0 Å². The minimum Gasteiger partial charge on any atom is -0.293 e. The van der Waals surface area contributed by atoms with Crippen LogP contribution in [0.5, 0.6) is 0 Å². The first-order valence-electron chi connectivity index (χ1n) is 3.39. The number of carbonyl (C=O) groups excluding carboxylic acids is 1. The SMILES string of the molecule is Cc1ccc(C(=O)CCCl)s1. The maximum atomic E-state index is 11.2. The average Bonchev–Trinajstić information content (AvgIpc) is 2.36. The number of rotatable bonds is 3. The Bertz CT molecular complexity index is 254. The third-order valence-electron chi connectivity index (χ3n) is 1.34. The summed E-state index contributed by atoms with van der Waals surface area (Å²) in [5.74, 6) is 0.563. The highest BCUT2D eigenvalue weighted by molar-refractivity contribution is 7.14. The van der Waals surface area contributed by atoms with Crippen LogP contribution in [0.25, 0.3) is 0 Å². The van der Waals surface area contributed by atoms with Crippen molar-refractivity contribution in [2.75, 3.05) is 5.88 Å². The minimum atomic E-state index is 0.151. The molecule has 0 aliphatic rings. The van der Waals surface area contributed by atoms with Gasteiger partial charge in [0.25, 0.3) is 0 Å². The molecule has 0 aliphatic heterocycles. The Kier molecular flexibility index (Phi) is 3.09. The second kappa shape index (κ2) is 3.88. The van der Waals surface area contributed by atoms with E-state index >= 15 is 0 Å². The van der Waals surface area contributed by atoms with Gasteiger partial charge >= 0.3 is 0 Å². The van der Waals surface area contributed by atoms with Gasteiger partial charge in [-0.3, -0.25) is 4.79 Å². The number of hydrogen-bond donors (Lipinski definition) is 0. The van der Waals surface area contributed by atoms with Gasteiger partial charge < -0.3 is 0 Å². The summed E-state index contributed by atoms with van der Waals surface area (Å²) in [6.45, 7) is 1.99. The van der Waals surface area contributed by atoms with Crippen molar-refractivity contribution in [3.8, 4) is 0 Å². The van der Waals surface area contributed by atoms with Crippen molar-refractivity contribution in [2.24, 2.45) is 0 Å². The molecule has 0 atom stereocenters. The van der Waals surface area contributed by atoms with Crippen LogP contribution >= 0.6 is 22.9 Å². The second-order valence-electron chi connectivity index (χ2n) is 2.27. The number of thiophene rings is 1. The van der Waals surface area contributed by atoms with Crippen LogP contribution in [0, 0.1) is 6.92 Å². The summed E-state index contributed by atoms with van der Waals surface area (Å²) in [7, 11) is 0. The number of ketones is 1. The third-order valence-corrected chi connectivity index (χ3v) is 2.57. The van der Waals surface area contributed by atoms with Gasteiger partial charge in [-0.15, -0.1) is 22.9 Å². The standard InChI is InChI=1S/C8H9ClOS/c1-6-2-3-8(11-6)7(10)4-5-9/h2-3H,4-5H2,1H3. The molecule has 1 nitrogen and oxygen atoms in total. The van der Waals surface area contributed by atoms with Crippen molar-refractivity contribution >= 4 is 28.7 Å². The predicted octanol–water partition coefficient (Wildman–Crippen LogP) is 2.87. The van der Waals surface area contributed by atoms with Crippen molar-refractivity contribution < 1.29 is 4.79 Å². The number of carbonyl (C=O) groups is 1. The molecule has 0 saturated heterocycles. The fourth-order valence-electron chi connectivity index (χ4n) is 0.793. The number of hydrogen-bond acceptors (Lipinski definition) is 2. The van der Waals surface area contributed by atoms with Crippen LogP contribution in [-0.2, 0) is 0 Å². The molecule has 1 aromatic heterocycles. The molecule has 60 valence electrons. The van der Waals surface area contributed by atoms with Gasteiger partial charge in [-0.05, 0) is 19.1 Å². The molecule has 0 aromatic carbocycles. The molecule has 0 unspecified atom stereocenters. The van der Waals surface area contributed by atoms with Gasteiger partial charge in [-0.2, -0.15) is 0 Å². The van der Waals surface area contributed by atoms with Crippen LogP contribution in [-0.4, -0.2) is 11.7 Å². The zero-order valence-corrected chi connectivity index (χ0v) is 7.84. The molecule has 11 heavy (non-hydrogen) atoms. The largest absolute Gasteiger partial charge is 0.293 e. The molecule has 1 heterocycles. The first-order chi connectivity index (χ1) is 5.24. The zero-order valence-electron chi connectivity index (χ0n) is 6.26. The van der Waals surface area contributed by atoms with E-state index in [4.69, 9.17) is 11.6 Å². The summed E-state index contributed by atoms with van der Waals surface area (Å²) in [4.78, 5) is 13.2. The molecule has 0 saturated carbocycles. The Hall–Kier alpha value is -0.340. The Morgan fingerprint density at radius 2 is 2.36 bits per heavy atom. The van der Waals surface area contributed by atoms with Crippen molar-refractivity contribution in [3.05, 3.63) is 21.9 Å². The number of alkyl halides is 1. The van der Waals surface area contributed by atoms with Crippen LogP contribution in [0.4, 0.5) is 0 Å². The van der Waals surface area contributed by atoms with E-state index in [9.17, 15) is 4.79 Å². The van der Waals surface area contributed by atoms with Crippen molar-refractivity contribution in [1.82, 2.24) is 0 Å². The summed E-state index contributed by atoms with van der Waals surface area (Å²) in [5, 5.41) is 0. The van der Waals surface area contributed by atoms with Crippen molar-refractivity contribution in [2.45, 2.75) is 13.3 Å². The molecule has 0 N–H and O–H groups in total. The topological polar surface area (TPSA) is 17.1 Å². The molecule has 3 heteroatoms. The number of aryl methyl sites for hydroxylation is 1. The molecule has 0 bridgehead atoms. The second-order valence-corrected chi connectivity index (χ2v) is 3.94. The van der Waals surface area contributed by atoms with E-state index in [1.165, 1.54) is 16.2 Å². The lowest BCUT2D eigenvalue weighted by atomic mass is 10.2. The molecule has 0 amide bonds. The van der Waals surface area contributed by atoms with Crippen LogP contribution < -0.4 is 0 Å². The van der Waals surface area contributed by atoms with E-state index in [2.05, 4.69) is 0 Å². The highest BCUT2D eigenvalue weighted by atomic mass is 35.5. The molecule has 0 radical (unpaired) electrons. The van der Waals surface area contributed by atoms with E-state index in [-0.39, 0.29) is 5.78 Å². The Balaban J connectivity index is 2.69. The van der Waals surface area contributed by atoms with Gasteiger partial charge in [0.1, 0.15) is 0 Å². The van der Waals surface area contributed by atoms with Crippen LogP contribution in [0.1, 0.15) is 21.0 Å². The smallest absolute Gasteiger partial charge is 0.173 e. The van der Waals surface area contributed by atoms with E-state index in [1.807, 2.05) is 19.1 Å². The molecule has 1 aromatic rings. The predicted molar refractivity (Wildman–Crippen MR) is 48.7 cm³/mol. The number of Topliss-reactive ketones (excluding diaryl/α,β-unsaturated/α-hetero) is 1. The van der Waals surface area contributed by atoms with Gasteiger partial charge in [-0.25, -0.2) is 0 Å². The lowest BCUT2D eigenvalue weighted by Gasteiger charge is -1.90. The van der Waals surface area contributed by atoms with E-state index < -0.39 is 0 Å². The van der Waals surface area contributed by atoms with Crippen LogP contribution in [0.3, 0.4) is 0 Å². The first kappa shape index (κ1) is 8.75. The van der Waals surface area contributed by atoms with Crippen LogP contribution in [0.2, 0.25) is 0 Å². The van der Waals surface area contributed by atoms with Gasteiger partial charge in [0.05, 0.1) is 4.88 Å². The highest BCUT2D eigenvalue weighted by Crippen LogP contribution is 2.16. The maximum Gasteiger partial charge on any atom is 0.173 e. The summed E-state index contributed by atoms with van der Waals surface area (Å²) >= 11 is 6.96. The summed E-state index contributed by atoms with van der Waals surface area (Å²) < 4.78 is 0. The summed E-state index contributed by atoms with van der Waals surface area (Å²) in [5.41, 5.74) is 0. The molecular weight excluding hydrogens is 180 g/mol. The number of halogens is 1. The molecule has 0 spiro atoms. The molecule has 1 rings (SSSR count). The average molecular weight is 189 g/mol. The quantitative estimate of drug-likeness (QED) is 0.527. The normalized spacial score (nSPS) is 10.0. The molecule has 0 aliphatic carbocycles. The molecular formula is C8H9ClOS. The van der Waals surface area contributed by atoms with E-state index in [0.29, 0.717) is 12.3 Å². The lowest BCUT2D eigenvalue weighted by Crippen LogP contribution is -1.95. The fourth-order valence-corrected chi connectivity index (χ4v) is 1.80. The lowest BCUT2D eigenvalue weighted by molar-refractivity contribution is 0.0993. The summed E-state index contributed by atoms with van der Waals surface area (Å²) in [6.07, 6.45) is 0.446. The monoisotopic (exact) mass is 188 g/mol. The van der Waals surface area contributed by atoms with Crippen LogP contribution in [0.15, 0.2) is 12.1 Å². The first-order valence-corrected chi connectivity index (χ1v) is 4.74. The third kappa shape index (κ3) is 2.31. The highest BCUT2D eigenvalue weighted by Gasteiger charge is 2.05.